The number of imide groups is 1. The number of nitrogens with two attached hydrogens (primary N) is 1. The van der Waals surface area contributed by atoms with Gasteiger partial charge in [0.05, 0.1) is 23.3 Å². The summed E-state index contributed by atoms with van der Waals surface area (Å²) >= 11 is 6.19. The highest BCUT2D eigenvalue weighted by atomic mass is 35.5. The smallest absolute Gasteiger partial charge is 0.449 e. The van der Waals surface area contributed by atoms with Crippen LogP contribution in [-0.2, 0) is 17.7 Å². The minimum absolute atomic E-state index is 0.0546. The van der Waals surface area contributed by atoms with Crippen LogP contribution in [0, 0.1) is 11.3 Å². The number of ether oxygens (including phenoxy) is 2. The van der Waals surface area contributed by atoms with Gasteiger partial charge in [0.25, 0.3) is 5.91 Å². The lowest BCUT2D eigenvalue weighted by Crippen LogP contribution is -2.46. The third-order valence-electron chi connectivity index (χ3n) is 5.88. The molecule has 2 aromatic rings. The Hall–Kier alpha value is -4.33. The zero-order valence-corrected chi connectivity index (χ0v) is 22.3. The zero-order valence-electron chi connectivity index (χ0n) is 21.6. The highest BCUT2D eigenvalue weighted by molar-refractivity contribution is 6.34. The monoisotopic (exact) mass is 624 g/mol. The molecule has 0 aliphatic heterocycles. The number of hydrogen-bond acceptors (Lipinski definition) is 8. The average Bonchev–Trinajstić information content (AvgIpc) is 3.62. The molecule has 0 atom stereocenters. The van der Waals surface area contributed by atoms with Gasteiger partial charge in [-0.05, 0) is 37.5 Å². The molecular formula is C24H20ClF7N6O4. The number of carbonyl (C=O) groups is 2. The largest absolute Gasteiger partial charge is 0.459 e. The molecule has 0 radical (unpaired) electrons. The van der Waals surface area contributed by atoms with Gasteiger partial charge in [-0.3, -0.25) is 4.79 Å². The van der Waals surface area contributed by atoms with E-state index in [-0.39, 0.29) is 41.2 Å². The van der Waals surface area contributed by atoms with E-state index in [9.17, 15) is 45.6 Å². The fourth-order valence-corrected chi connectivity index (χ4v) is 3.85. The fourth-order valence-electron chi connectivity index (χ4n) is 3.65. The molecule has 1 saturated carbocycles. The van der Waals surface area contributed by atoms with Crippen molar-refractivity contribution in [3.8, 4) is 11.8 Å². The first-order chi connectivity index (χ1) is 19.5. The van der Waals surface area contributed by atoms with Gasteiger partial charge >= 0.3 is 24.8 Å². The molecule has 10 nitrogen and oxygen atoms in total. The molecule has 1 aliphatic carbocycles. The molecule has 2 N–H and O–H groups in total. The molecule has 42 heavy (non-hydrogen) atoms. The Morgan fingerprint density at radius 3 is 2.45 bits per heavy atom. The van der Waals surface area contributed by atoms with Crippen molar-refractivity contribution in [2.45, 2.75) is 44.0 Å². The van der Waals surface area contributed by atoms with Crippen LogP contribution in [0.15, 0.2) is 29.4 Å². The van der Waals surface area contributed by atoms with Crippen molar-refractivity contribution in [2.75, 3.05) is 6.61 Å². The van der Waals surface area contributed by atoms with E-state index in [1.54, 1.807) is 0 Å². The Morgan fingerprint density at radius 2 is 1.95 bits per heavy atom. The first-order valence-corrected chi connectivity index (χ1v) is 12.1. The number of hydrogen-bond donors (Lipinski definition) is 1. The standard InChI is InChI=1S/C24H20ClF7N6O4/c1-3-41-21(40)38(22(11-34)6-7-22)19(39)14-8-12(4-5-15(14)25)13(9-33)10-35-18-16(42-20(26)27)17(36-37(18)2)23(28,29)24(30,31)32/h4-5,8-10,20H,3,6-7,33H2,1-2H3. The van der Waals surface area contributed by atoms with Gasteiger partial charge in [0.1, 0.15) is 5.54 Å². The number of aryl methyl sites for hydroxylation is 1. The lowest BCUT2D eigenvalue weighted by molar-refractivity contribution is -0.291. The third-order valence-corrected chi connectivity index (χ3v) is 6.21. The van der Waals surface area contributed by atoms with Gasteiger partial charge in [0.2, 0.25) is 0 Å². The van der Waals surface area contributed by atoms with Crippen LogP contribution in [0.3, 0.4) is 0 Å². The number of aliphatic imine (C=N–C) groups is 1. The van der Waals surface area contributed by atoms with E-state index in [1.165, 1.54) is 19.1 Å². The quantitative estimate of drug-likeness (QED) is 0.280. The Kier molecular flexibility index (Phi) is 9.10. The molecule has 1 heterocycles. The molecule has 3 rings (SSSR count). The maximum absolute atomic E-state index is 14.0. The van der Waals surface area contributed by atoms with Gasteiger partial charge in [0.15, 0.2) is 17.3 Å². The molecule has 1 aromatic carbocycles. The van der Waals surface area contributed by atoms with Crippen LogP contribution in [-0.4, -0.2) is 57.8 Å². The van der Waals surface area contributed by atoms with Crippen LogP contribution in [0.25, 0.3) is 5.57 Å². The van der Waals surface area contributed by atoms with Gasteiger partial charge in [0, 0.05) is 25.0 Å². The van der Waals surface area contributed by atoms with Gasteiger partial charge in [-0.15, -0.1) is 0 Å². The van der Waals surface area contributed by atoms with Crippen LogP contribution in [0.2, 0.25) is 5.02 Å². The molecule has 226 valence electrons. The molecule has 18 heteroatoms. The van der Waals surface area contributed by atoms with E-state index < -0.39 is 53.5 Å². The summed E-state index contributed by atoms with van der Waals surface area (Å²) in [6.45, 7) is -2.42. The molecule has 1 aliphatic rings. The van der Waals surface area contributed by atoms with Crippen molar-refractivity contribution in [1.29, 1.82) is 5.26 Å². The van der Waals surface area contributed by atoms with E-state index in [2.05, 4.69) is 14.8 Å². The predicted octanol–water partition coefficient (Wildman–Crippen LogP) is 5.69. The topological polar surface area (TPSA) is 136 Å². The summed E-state index contributed by atoms with van der Waals surface area (Å²) < 4.78 is 102. The van der Waals surface area contributed by atoms with Gasteiger partial charge in [-0.25, -0.2) is 19.4 Å². The van der Waals surface area contributed by atoms with Crippen molar-refractivity contribution in [3.05, 3.63) is 46.2 Å². The van der Waals surface area contributed by atoms with E-state index in [1.807, 2.05) is 6.07 Å². The summed E-state index contributed by atoms with van der Waals surface area (Å²) in [4.78, 5) is 30.3. The first kappa shape index (κ1) is 32.2. The minimum atomic E-state index is -6.20. The highest BCUT2D eigenvalue weighted by Gasteiger charge is 2.62. The molecule has 0 spiro atoms. The van der Waals surface area contributed by atoms with Crippen LogP contribution < -0.4 is 10.5 Å². The van der Waals surface area contributed by atoms with Gasteiger partial charge < -0.3 is 15.2 Å². The summed E-state index contributed by atoms with van der Waals surface area (Å²) in [6, 6.07) is 5.56. The Morgan fingerprint density at radius 1 is 1.31 bits per heavy atom. The molecule has 0 bridgehead atoms. The number of amides is 2. The van der Waals surface area contributed by atoms with Gasteiger partial charge in [-0.1, -0.05) is 17.7 Å². The number of nitrogens with zero attached hydrogens (tertiary/aromatic N) is 5. The van der Waals surface area contributed by atoms with Crippen LogP contribution in [0.1, 0.15) is 41.4 Å². The summed E-state index contributed by atoms with van der Waals surface area (Å²) in [5, 5.41) is 12.4. The number of aromatic nitrogens is 2. The molecule has 0 saturated heterocycles. The second kappa shape index (κ2) is 11.9. The number of halogens is 8. The zero-order chi connectivity index (χ0) is 31.6. The molecule has 2 amide bonds. The maximum Gasteiger partial charge on any atom is 0.459 e. The Labute approximate surface area is 237 Å². The second-order valence-electron chi connectivity index (χ2n) is 8.63. The van der Waals surface area contributed by atoms with E-state index in [0.717, 1.165) is 25.5 Å². The SMILES string of the molecule is CCOC(=O)N(C(=O)c1cc(C(C=Nc2c(OC(F)F)c(C(F)(F)C(F)(F)F)nn2C)=CN)ccc1Cl)C1(C#N)CC1. The van der Waals surface area contributed by atoms with E-state index >= 15 is 0 Å². The first-order valence-electron chi connectivity index (χ1n) is 11.7. The molecule has 1 fully saturated rings. The number of allylic oxidation sites excluding steroid dienone is 1. The maximum atomic E-state index is 14.0. The summed E-state index contributed by atoms with van der Waals surface area (Å²) in [5.41, 5.74) is 1.69. The third kappa shape index (κ3) is 6.12. The number of nitriles is 1. The molecule has 0 unspecified atom stereocenters. The van der Waals surface area contributed by atoms with E-state index in [0.29, 0.717) is 9.58 Å². The lowest BCUT2D eigenvalue weighted by Gasteiger charge is -2.25. The molecular weight excluding hydrogens is 605 g/mol. The highest BCUT2D eigenvalue weighted by Crippen LogP contribution is 2.49. The van der Waals surface area contributed by atoms with Crippen LogP contribution >= 0.6 is 11.6 Å². The van der Waals surface area contributed by atoms with Crippen LogP contribution in [0.4, 0.5) is 41.3 Å². The fraction of sp³-hybridized carbons (Fsp3) is 0.375. The number of benzene rings is 1. The van der Waals surface area contributed by atoms with Crippen molar-refractivity contribution in [1.82, 2.24) is 14.7 Å². The summed E-state index contributed by atoms with van der Waals surface area (Å²) in [6.07, 6.45) is -5.22. The lowest BCUT2D eigenvalue weighted by atomic mass is 10.0. The summed E-state index contributed by atoms with van der Waals surface area (Å²) in [7, 11) is 0.860. The van der Waals surface area contributed by atoms with Crippen molar-refractivity contribution in [2.24, 2.45) is 17.8 Å². The van der Waals surface area contributed by atoms with Crippen molar-refractivity contribution in [3.63, 3.8) is 0 Å². The summed E-state index contributed by atoms with van der Waals surface area (Å²) in [5.74, 6) is -9.25. The number of rotatable bonds is 9. The average molecular weight is 625 g/mol. The minimum Gasteiger partial charge on any atom is -0.449 e. The number of carbonyl (C=O) groups excluding carboxylic acids is 2. The predicted molar refractivity (Wildman–Crippen MR) is 132 cm³/mol. The number of alkyl halides is 7. The van der Waals surface area contributed by atoms with Crippen LogP contribution in [0.5, 0.6) is 5.75 Å². The molecule has 1 aromatic heterocycles. The van der Waals surface area contributed by atoms with Gasteiger partial charge in [-0.2, -0.15) is 41.1 Å². The normalized spacial score (nSPS) is 15.0. The van der Waals surface area contributed by atoms with Crippen molar-refractivity contribution >= 4 is 41.2 Å². The van der Waals surface area contributed by atoms with Crippen molar-refractivity contribution < 1.29 is 49.8 Å². The Bertz CT molecular complexity index is 1480. The van der Waals surface area contributed by atoms with E-state index in [4.69, 9.17) is 22.1 Å². The Balaban J connectivity index is 2.05. The second-order valence-corrected chi connectivity index (χ2v) is 9.04.